The molecule has 0 atom stereocenters. The number of aryl methyl sites for hydroxylation is 3. The van der Waals surface area contributed by atoms with E-state index in [1.807, 2.05) is 42.5 Å². The van der Waals surface area contributed by atoms with Crippen LogP contribution in [0.2, 0.25) is 0 Å². The zero-order chi connectivity index (χ0) is 27.4. The molecule has 0 aliphatic rings. The van der Waals surface area contributed by atoms with E-state index in [0.29, 0.717) is 0 Å². The summed E-state index contributed by atoms with van der Waals surface area (Å²) in [6, 6.07) is 24.7. The van der Waals surface area contributed by atoms with E-state index in [1.54, 1.807) is 27.0 Å². The highest BCUT2D eigenvalue weighted by Gasteiger charge is 2.33. The van der Waals surface area contributed by atoms with Crippen LogP contribution in [0, 0.1) is 20.8 Å². The Balaban J connectivity index is 0.000000454. The fourth-order valence-electron chi connectivity index (χ4n) is 2.82. The van der Waals surface area contributed by atoms with Crippen LogP contribution in [0.25, 0.3) is 18.2 Å². The van der Waals surface area contributed by atoms with Crippen LogP contribution in [-0.2, 0) is 13.3 Å². The molecule has 0 N–H and O–H groups in total. The van der Waals surface area contributed by atoms with Crippen LogP contribution < -0.4 is 0 Å². The standard InChI is InChI=1S/3C9H10.C5H12O3Si/c1-3-9-6-4-8(2)5-7-9;1-3-9-6-4-5-8(2)7-9;1-3-9-7-5-4-6-8(9)2;1-5-9(6-2,7-3)8-4/h3*3-7H,1H2,2H3;5H,1H2,2-4H3. The van der Waals surface area contributed by atoms with Crippen molar-refractivity contribution in [3.8, 4) is 0 Å². The quantitative estimate of drug-likeness (QED) is 0.303. The molecule has 0 saturated heterocycles. The summed E-state index contributed by atoms with van der Waals surface area (Å²) in [7, 11) is 2.20. The van der Waals surface area contributed by atoms with E-state index in [4.69, 9.17) is 13.3 Å². The molecule has 3 nitrogen and oxygen atoms in total. The molecule has 3 aromatic rings. The van der Waals surface area contributed by atoms with Gasteiger partial charge in [-0.25, -0.2) is 0 Å². The van der Waals surface area contributed by atoms with Gasteiger partial charge in [-0.1, -0.05) is 128 Å². The smallest absolute Gasteiger partial charge is 0.374 e. The van der Waals surface area contributed by atoms with Crippen molar-refractivity contribution in [1.29, 1.82) is 0 Å². The molecule has 0 saturated carbocycles. The minimum absolute atomic E-state index is 1.18. The normalized spacial score (nSPS) is 9.61. The van der Waals surface area contributed by atoms with Crippen molar-refractivity contribution >= 4 is 27.0 Å². The second kappa shape index (κ2) is 19.0. The molecule has 4 heteroatoms. The highest BCUT2D eigenvalue weighted by Crippen LogP contribution is 2.07. The highest BCUT2D eigenvalue weighted by molar-refractivity contribution is 6.66. The lowest BCUT2D eigenvalue weighted by molar-refractivity contribution is 0.138. The van der Waals surface area contributed by atoms with Crippen LogP contribution in [0.15, 0.2) is 105 Å². The van der Waals surface area contributed by atoms with Crippen LogP contribution in [0.3, 0.4) is 0 Å². The number of benzene rings is 3. The van der Waals surface area contributed by atoms with Crippen molar-refractivity contribution < 1.29 is 13.3 Å². The topological polar surface area (TPSA) is 27.7 Å². The molecule has 0 bridgehead atoms. The van der Waals surface area contributed by atoms with E-state index in [-0.39, 0.29) is 0 Å². The number of hydrogen-bond acceptors (Lipinski definition) is 3. The number of hydrogen-bond donors (Lipinski definition) is 0. The van der Waals surface area contributed by atoms with Gasteiger partial charge in [0.25, 0.3) is 0 Å². The summed E-state index contributed by atoms with van der Waals surface area (Å²) in [5, 5.41) is 0. The summed E-state index contributed by atoms with van der Waals surface area (Å²) in [6.07, 6.45) is 5.57. The zero-order valence-corrected chi connectivity index (χ0v) is 23.8. The van der Waals surface area contributed by atoms with Gasteiger partial charge >= 0.3 is 8.80 Å². The van der Waals surface area contributed by atoms with E-state index in [9.17, 15) is 0 Å². The molecule has 192 valence electrons. The van der Waals surface area contributed by atoms with Gasteiger partial charge in [0.15, 0.2) is 0 Å². The van der Waals surface area contributed by atoms with E-state index < -0.39 is 8.80 Å². The molecule has 0 aliphatic heterocycles. The fraction of sp³-hybridized carbons (Fsp3) is 0.188. The molecule has 0 fully saturated rings. The van der Waals surface area contributed by atoms with E-state index in [0.717, 1.165) is 0 Å². The first kappa shape index (κ1) is 32.7. The number of rotatable bonds is 7. The van der Waals surface area contributed by atoms with Crippen LogP contribution in [0.4, 0.5) is 0 Å². The van der Waals surface area contributed by atoms with Crippen LogP contribution in [0.5, 0.6) is 0 Å². The summed E-state index contributed by atoms with van der Waals surface area (Å²) >= 11 is 0. The Morgan fingerprint density at radius 2 is 1.14 bits per heavy atom. The van der Waals surface area contributed by atoms with Crippen LogP contribution in [-0.4, -0.2) is 30.1 Å². The predicted molar refractivity (Wildman–Crippen MR) is 161 cm³/mol. The van der Waals surface area contributed by atoms with Crippen molar-refractivity contribution in [2.45, 2.75) is 20.8 Å². The van der Waals surface area contributed by atoms with Gasteiger partial charge in [0.05, 0.1) is 0 Å². The molecule has 36 heavy (non-hydrogen) atoms. The maximum atomic E-state index is 4.96. The zero-order valence-electron chi connectivity index (χ0n) is 22.8. The Kier molecular flexibility index (Phi) is 17.2. The van der Waals surface area contributed by atoms with Gasteiger partial charge in [0.2, 0.25) is 0 Å². The molecule has 0 aromatic heterocycles. The van der Waals surface area contributed by atoms with Crippen molar-refractivity contribution in [1.82, 2.24) is 0 Å². The molecular weight excluding hydrogens is 460 g/mol. The largest absolute Gasteiger partial charge is 0.528 e. The molecule has 0 amide bonds. The molecule has 3 rings (SSSR count). The van der Waals surface area contributed by atoms with Crippen LogP contribution >= 0.6 is 0 Å². The first-order chi connectivity index (χ1) is 17.2. The van der Waals surface area contributed by atoms with Crippen molar-refractivity contribution in [3.63, 3.8) is 0 Å². The summed E-state index contributed by atoms with van der Waals surface area (Å²) in [4.78, 5) is 0. The lowest BCUT2D eigenvalue weighted by Gasteiger charge is -2.19. The minimum Gasteiger partial charge on any atom is -0.374 e. The Hall–Kier alpha value is -3.28. The SMILES string of the molecule is C=C[Si](OC)(OC)OC.C=Cc1ccc(C)cc1.C=Cc1cccc(C)c1.C=Cc1ccccc1C. The Bertz CT molecular complexity index is 1040. The summed E-state index contributed by atoms with van der Waals surface area (Å²) in [5.74, 6) is 0. The summed E-state index contributed by atoms with van der Waals surface area (Å²) in [5.41, 5.74) is 9.03. The first-order valence-corrected chi connectivity index (χ1v) is 13.4. The molecule has 0 radical (unpaired) electrons. The monoisotopic (exact) mass is 502 g/mol. The molecule has 0 heterocycles. The van der Waals surface area contributed by atoms with Crippen molar-refractivity contribution in [2.24, 2.45) is 0 Å². The lowest BCUT2D eigenvalue weighted by atomic mass is 10.1. The van der Waals surface area contributed by atoms with Crippen molar-refractivity contribution in [2.75, 3.05) is 21.3 Å². The molecule has 3 aromatic carbocycles. The molecule has 0 spiro atoms. The van der Waals surface area contributed by atoms with E-state index >= 15 is 0 Å². The van der Waals surface area contributed by atoms with Gasteiger partial charge in [-0.2, -0.15) is 0 Å². The summed E-state index contributed by atoms with van der Waals surface area (Å²) in [6.45, 7) is 20.8. The molecular formula is C32H42O3Si. The average Bonchev–Trinajstić information content (AvgIpc) is 2.92. The van der Waals surface area contributed by atoms with Gasteiger partial charge in [0, 0.05) is 21.3 Å². The third-order valence-electron chi connectivity index (χ3n) is 5.10. The third kappa shape index (κ3) is 13.0. The maximum Gasteiger partial charge on any atom is 0.528 e. The minimum atomic E-state index is -2.43. The molecule has 0 unspecified atom stereocenters. The average molecular weight is 503 g/mol. The lowest BCUT2D eigenvalue weighted by Crippen LogP contribution is -2.40. The predicted octanol–water partition coefficient (Wildman–Crippen LogP) is 8.50. The second-order valence-electron chi connectivity index (χ2n) is 7.71. The van der Waals surface area contributed by atoms with Gasteiger partial charge in [-0.3, -0.25) is 0 Å². The van der Waals surface area contributed by atoms with E-state index in [1.165, 1.54) is 33.4 Å². The Labute approximate surface area is 220 Å². The van der Waals surface area contributed by atoms with Gasteiger partial charge < -0.3 is 13.3 Å². The maximum absolute atomic E-state index is 4.96. The highest BCUT2D eigenvalue weighted by atomic mass is 28.4. The Morgan fingerprint density at radius 3 is 1.47 bits per heavy atom. The van der Waals surface area contributed by atoms with Gasteiger partial charge in [-0.15, -0.1) is 0 Å². The van der Waals surface area contributed by atoms with E-state index in [2.05, 4.69) is 95.6 Å². The van der Waals surface area contributed by atoms with Gasteiger partial charge in [-0.05, 0) is 48.7 Å². The van der Waals surface area contributed by atoms with Crippen molar-refractivity contribution in [3.05, 3.63) is 138 Å². The fourth-order valence-corrected chi connectivity index (χ4v) is 3.82. The van der Waals surface area contributed by atoms with Gasteiger partial charge in [0.1, 0.15) is 0 Å². The second-order valence-corrected chi connectivity index (χ2v) is 10.6. The third-order valence-corrected chi connectivity index (χ3v) is 7.31. The van der Waals surface area contributed by atoms with Crippen LogP contribution in [0.1, 0.15) is 33.4 Å². The summed E-state index contributed by atoms with van der Waals surface area (Å²) < 4.78 is 14.9. The molecule has 0 aliphatic carbocycles. The first-order valence-electron chi connectivity index (χ1n) is 11.6. The Morgan fingerprint density at radius 1 is 0.583 bits per heavy atom.